The Hall–Kier alpha value is -5.72. The maximum Gasteiger partial charge on any atom is 0.293 e. The number of amides is 1. The second kappa shape index (κ2) is 19.9. The first kappa shape index (κ1) is 48.3. The van der Waals surface area contributed by atoms with Gasteiger partial charge in [-0.15, -0.1) is 0 Å². The number of aromatic nitrogens is 2. The zero-order valence-electron chi connectivity index (χ0n) is 38.7. The highest BCUT2D eigenvalue weighted by molar-refractivity contribution is 7.90. The van der Waals surface area contributed by atoms with Gasteiger partial charge in [0.05, 0.1) is 21.6 Å². The number of fused-ring (bicyclic) bond motifs is 1. The Morgan fingerprint density at radius 2 is 1.83 bits per heavy atom. The number of ether oxygens (including phenoxy) is 2. The minimum absolute atomic E-state index is 0.0334. The van der Waals surface area contributed by atoms with Crippen LogP contribution in [0.2, 0.25) is 5.02 Å². The van der Waals surface area contributed by atoms with Crippen molar-refractivity contribution >= 4 is 61.1 Å². The molecule has 3 N–H and O–H groups in total. The average molecular weight is 985 g/mol. The highest BCUT2D eigenvalue weighted by atomic mass is 35.5. The molecule has 0 bridgehead atoms. The van der Waals surface area contributed by atoms with Gasteiger partial charge in [-0.05, 0) is 122 Å². The van der Waals surface area contributed by atoms with Crippen LogP contribution in [0, 0.1) is 21.3 Å². The molecule has 2 saturated heterocycles. The Labute approximate surface area is 405 Å². The summed E-state index contributed by atoms with van der Waals surface area (Å²) in [6, 6.07) is 16.9. The number of piperidine rings is 1. The van der Waals surface area contributed by atoms with Gasteiger partial charge >= 0.3 is 0 Å². The molecular formula is C51H56ClF2N7O7S. The first-order valence-electron chi connectivity index (χ1n) is 23.4. The summed E-state index contributed by atoms with van der Waals surface area (Å²) >= 11 is 6.11. The summed E-state index contributed by atoms with van der Waals surface area (Å²) in [5.41, 5.74) is 2.93. The smallest absolute Gasteiger partial charge is 0.293 e. The standard InChI is InChI=1S/C51H56ClF2N7O7S/c1-50(2)15-9-36(43(29-50)41-7-4-37(52)27-44(41)53)31-59-19-11-33(12-20-59)34-3-6-42(47(26-34)68-39-25-35-10-18-55-48(35)56-30-39)49(62)58-69(65,66)40-5-8-45(46(28-40)61(63)64)57-32-51(54)16-21-60(22-17-51)38-13-23-67-24-14-38/h3-8,10-11,18,25-28,30,38,57H,9,12-17,19-24,29,31-32H2,1-2H3,(H,55,56)(H,58,62). The fourth-order valence-corrected chi connectivity index (χ4v) is 11.1. The van der Waals surface area contributed by atoms with Crippen molar-refractivity contribution in [3.63, 3.8) is 0 Å². The van der Waals surface area contributed by atoms with Crippen molar-refractivity contribution in [1.29, 1.82) is 0 Å². The maximum absolute atomic E-state index is 16.0. The third-order valence-corrected chi connectivity index (χ3v) is 15.6. The molecule has 364 valence electrons. The number of anilines is 1. The van der Waals surface area contributed by atoms with Crippen molar-refractivity contribution in [3.8, 4) is 11.5 Å². The highest BCUT2D eigenvalue weighted by Gasteiger charge is 2.38. The molecule has 14 nitrogen and oxygen atoms in total. The summed E-state index contributed by atoms with van der Waals surface area (Å²) in [5.74, 6) is -0.981. The molecule has 0 saturated carbocycles. The van der Waals surface area contributed by atoms with E-state index in [0.29, 0.717) is 80.4 Å². The number of rotatable bonds is 14. The molecule has 0 unspecified atom stereocenters. The van der Waals surface area contributed by atoms with E-state index in [1.54, 1.807) is 36.5 Å². The van der Waals surface area contributed by atoms with Gasteiger partial charge in [0.25, 0.3) is 21.6 Å². The number of carbonyl (C=O) groups excluding carboxylic acids is 1. The number of hydrogen-bond acceptors (Lipinski definition) is 11. The summed E-state index contributed by atoms with van der Waals surface area (Å²) in [4.78, 5) is 37.1. The molecule has 4 aliphatic rings. The predicted molar refractivity (Wildman–Crippen MR) is 262 cm³/mol. The predicted octanol–water partition coefficient (Wildman–Crippen LogP) is 10.3. The number of H-pyrrole nitrogens is 1. The number of pyridine rings is 1. The van der Waals surface area contributed by atoms with Crippen LogP contribution in [0.25, 0.3) is 22.2 Å². The van der Waals surface area contributed by atoms with E-state index in [1.807, 2.05) is 6.07 Å². The lowest BCUT2D eigenvalue weighted by Gasteiger charge is -2.41. The molecule has 0 radical (unpaired) electrons. The van der Waals surface area contributed by atoms with Gasteiger partial charge in [-0.1, -0.05) is 49.2 Å². The molecule has 1 amide bonds. The van der Waals surface area contributed by atoms with Crippen LogP contribution >= 0.6 is 11.6 Å². The number of benzene rings is 3. The molecule has 1 aliphatic carbocycles. The van der Waals surface area contributed by atoms with Crippen molar-refractivity contribution in [2.75, 3.05) is 57.8 Å². The van der Waals surface area contributed by atoms with Crippen LogP contribution in [-0.2, 0) is 14.8 Å². The van der Waals surface area contributed by atoms with Crippen molar-refractivity contribution in [2.24, 2.45) is 5.41 Å². The van der Waals surface area contributed by atoms with Crippen LogP contribution in [0.5, 0.6) is 11.5 Å². The van der Waals surface area contributed by atoms with Gasteiger partial charge in [0.2, 0.25) is 0 Å². The highest BCUT2D eigenvalue weighted by Crippen LogP contribution is 2.44. The number of nitrogens with zero attached hydrogens (tertiary/aromatic N) is 4. The van der Waals surface area contributed by atoms with Crippen LogP contribution in [-0.4, -0.2) is 103 Å². The van der Waals surface area contributed by atoms with Crippen LogP contribution in [0.1, 0.15) is 86.7 Å². The lowest BCUT2D eigenvalue weighted by molar-refractivity contribution is -0.384. The second-order valence-electron chi connectivity index (χ2n) is 19.4. The molecule has 2 fully saturated rings. The van der Waals surface area contributed by atoms with Crippen LogP contribution in [0.3, 0.4) is 0 Å². The van der Waals surface area contributed by atoms with E-state index in [0.717, 1.165) is 66.3 Å². The van der Waals surface area contributed by atoms with Crippen LogP contribution in [0.4, 0.5) is 20.2 Å². The fourth-order valence-electron chi connectivity index (χ4n) is 10.00. The van der Waals surface area contributed by atoms with Gasteiger partial charge < -0.3 is 19.8 Å². The third-order valence-electron chi connectivity index (χ3n) is 14.0. The number of nitro groups is 1. The second-order valence-corrected chi connectivity index (χ2v) is 21.5. The van der Waals surface area contributed by atoms with Gasteiger partial charge in [0.15, 0.2) is 0 Å². The maximum atomic E-state index is 16.0. The van der Waals surface area contributed by atoms with Crippen LogP contribution in [0.15, 0.2) is 95.7 Å². The first-order valence-corrected chi connectivity index (χ1v) is 25.3. The van der Waals surface area contributed by atoms with Gasteiger partial charge in [-0.2, -0.15) is 0 Å². The van der Waals surface area contributed by atoms with Crippen LogP contribution < -0.4 is 14.8 Å². The van der Waals surface area contributed by atoms with E-state index in [9.17, 15) is 23.3 Å². The first-order chi connectivity index (χ1) is 33.0. The molecule has 9 rings (SSSR count). The largest absolute Gasteiger partial charge is 0.455 e. The Balaban J connectivity index is 0.918. The van der Waals surface area contributed by atoms with E-state index in [-0.39, 0.29) is 47.6 Å². The number of sulfonamides is 1. The summed E-state index contributed by atoms with van der Waals surface area (Å²) < 4.78 is 72.7. The van der Waals surface area contributed by atoms with Gasteiger partial charge in [0, 0.05) is 86.8 Å². The number of carbonyl (C=O) groups is 1. The molecule has 18 heteroatoms. The Bertz CT molecular complexity index is 2950. The monoisotopic (exact) mass is 983 g/mol. The molecule has 0 atom stereocenters. The fraction of sp³-hybridized carbons (Fsp3) is 0.412. The minimum Gasteiger partial charge on any atom is -0.455 e. The summed E-state index contributed by atoms with van der Waals surface area (Å²) in [5, 5.41) is 16.3. The van der Waals surface area contributed by atoms with Crippen molar-refractivity contribution in [2.45, 2.75) is 81.8 Å². The number of nitrogens with one attached hydrogen (secondary N) is 3. The number of nitro benzene ring substituents is 1. The Morgan fingerprint density at radius 3 is 2.57 bits per heavy atom. The third kappa shape index (κ3) is 11.2. The van der Waals surface area contributed by atoms with E-state index in [4.69, 9.17) is 21.1 Å². The van der Waals surface area contributed by atoms with E-state index in [2.05, 4.69) is 49.7 Å². The van der Waals surface area contributed by atoms with Gasteiger partial charge in [-0.25, -0.2) is 26.9 Å². The Morgan fingerprint density at radius 1 is 1.03 bits per heavy atom. The van der Waals surface area contributed by atoms with E-state index >= 15 is 8.78 Å². The Kier molecular flexibility index (Phi) is 14.0. The molecule has 3 aromatic carbocycles. The van der Waals surface area contributed by atoms with E-state index < -0.39 is 37.1 Å². The molecule has 2 aromatic heterocycles. The molecular weight excluding hydrogens is 928 g/mol. The average Bonchev–Trinajstić information content (AvgIpc) is 3.80. The normalized spacial score (nSPS) is 19.3. The van der Waals surface area contributed by atoms with Crippen molar-refractivity contribution < 1.29 is 36.4 Å². The SMILES string of the molecule is CC1(C)CCC(CN2CC=C(c3ccc(C(=O)NS(=O)(=O)c4ccc(NCC5(F)CCN(C6CCOCC6)CC5)c([N+](=O)[O-])c4)c(Oc4cnc5[nH]ccc5c4)c3)CC2)=C(c2ccc(Cl)cc2F)C1. The summed E-state index contributed by atoms with van der Waals surface area (Å²) in [6.45, 7) is 8.74. The number of allylic oxidation sites excluding steroid dienone is 1. The summed E-state index contributed by atoms with van der Waals surface area (Å²) in [6.07, 6.45) is 10.9. The summed E-state index contributed by atoms with van der Waals surface area (Å²) in [7, 11) is -4.68. The van der Waals surface area contributed by atoms with Crippen molar-refractivity contribution in [1.82, 2.24) is 24.5 Å². The molecule has 69 heavy (non-hydrogen) atoms. The number of likely N-dealkylation sites (tertiary alicyclic amines) is 1. The zero-order chi connectivity index (χ0) is 48.5. The van der Waals surface area contributed by atoms with Gasteiger partial charge in [0.1, 0.15) is 34.3 Å². The number of aromatic amines is 1. The number of halogens is 3. The molecule has 5 aromatic rings. The number of alkyl halides is 1. The van der Waals surface area contributed by atoms with E-state index in [1.165, 1.54) is 30.0 Å². The number of hydrogen-bond donors (Lipinski definition) is 3. The molecule has 0 spiro atoms. The molecule has 5 heterocycles. The van der Waals surface area contributed by atoms with Gasteiger partial charge in [-0.3, -0.25) is 24.7 Å². The quantitative estimate of drug-likeness (QED) is 0.0714. The minimum atomic E-state index is -4.68. The lowest BCUT2D eigenvalue weighted by atomic mass is 9.72. The topological polar surface area (TPSA) is 172 Å². The van der Waals surface area contributed by atoms with Crippen molar-refractivity contribution in [3.05, 3.63) is 128 Å². The lowest BCUT2D eigenvalue weighted by Crippen LogP contribution is -2.50. The molecule has 3 aliphatic heterocycles. The zero-order valence-corrected chi connectivity index (χ0v) is 40.2.